The van der Waals surface area contributed by atoms with Crippen LogP contribution in [-0.4, -0.2) is 22.2 Å². The van der Waals surface area contributed by atoms with Crippen molar-refractivity contribution in [1.82, 2.24) is 4.72 Å². The number of guanidine groups is 1. The smallest absolute Gasteiger partial charge is 0.264 e. The molecule has 0 aliphatic heterocycles. The number of rotatable bonds is 5. The van der Waals surface area contributed by atoms with Crippen molar-refractivity contribution in [2.75, 3.05) is 0 Å². The number of nitrogens with one attached hydrogen (secondary N) is 1. The van der Waals surface area contributed by atoms with Crippen LogP contribution in [0.25, 0.3) is 11.1 Å². The highest BCUT2D eigenvalue weighted by atomic mass is 32.2. The average molecular weight is 400 g/mol. The van der Waals surface area contributed by atoms with Gasteiger partial charge in [-0.3, -0.25) is 0 Å². The Balaban J connectivity index is 1.72. The van der Waals surface area contributed by atoms with Gasteiger partial charge in [0.25, 0.3) is 10.0 Å². The van der Waals surface area contributed by atoms with Gasteiger partial charge in [0.05, 0.1) is 23.1 Å². The molecule has 0 aliphatic rings. The number of nitrogens with two attached hydrogens (primary N) is 1. The number of hydrogen-bond donors (Lipinski definition) is 2. The molecule has 0 unspecified atom stereocenters. The first-order valence-corrected chi connectivity index (χ1v) is 10.1. The fourth-order valence-electron chi connectivity index (χ4n) is 2.70. The van der Waals surface area contributed by atoms with E-state index in [9.17, 15) is 8.42 Å². The topological polar surface area (TPSA) is 108 Å². The molecule has 0 aromatic heterocycles. The Labute approximate surface area is 171 Å². The summed E-state index contributed by atoms with van der Waals surface area (Å²) >= 11 is 0. The molecule has 3 N–H and O–H groups in total. The van der Waals surface area contributed by atoms with Gasteiger partial charge in [-0.15, -0.1) is 0 Å². The molecule has 3 rings (SSSR count). The maximum absolute atomic E-state index is 12.2. The van der Waals surface area contributed by atoms with Gasteiger partial charge >= 0.3 is 0 Å². The fraction of sp³-hybridized carbons (Fsp3) is 0.0476. The third-order valence-electron chi connectivity index (χ3n) is 4.17. The maximum Gasteiger partial charge on any atom is 0.264 e. The third-order valence-corrected chi connectivity index (χ3v) is 5.54. The summed E-state index contributed by atoms with van der Waals surface area (Å²) in [5, 5.41) is 8.89. The van der Waals surface area contributed by atoms with E-state index in [1.807, 2.05) is 24.3 Å². The molecule has 0 saturated heterocycles. The molecule has 0 bridgehead atoms. The van der Waals surface area contributed by atoms with Gasteiger partial charge in [-0.1, -0.05) is 54.0 Å². The van der Waals surface area contributed by atoms with Crippen LogP contribution in [0.15, 0.2) is 82.7 Å². The summed E-state index contributed by atoms with van der Waals surface area (Å²) in [6.45, 7) is 0.168. The molecule has 0 amide bonds. The van der Waals surface area contributed by atoms with Gasteiger partial charge in [0.2, 0.25) is 5.96 Å². The molecule has 0 aliphatic carbocycles. The van der Waals surface area contributed by atoms with Crippen LogP contribution < -0.4 is 15.9 Å². The lowest BCUT2D eigenvalue weighted by Crippen LogP contribution is -2.36. The van der Waals surface area contributed by atoms with Crippen LogP contribution in [0.5, 0.6) is 0 Å². The van der Waals surface area contributed by atoms with E-state index in [2.05, 4.69) is 15.8 Å². The molecule has 0 fully saturated rings. The Morgan fingerprint density at radius 1 is 1.07 bits per heavy atom. The molecular weight excluding hydrogens is 383 g/mol. The largest absolute Gasteiger partial charge is 0.369 e. The van der Waals surface area contributed by atoms with Gasteiger partial charge in [-0.2, -0.15) is 5.26 Å². The first-order valence-electron chi connectivity index (χ1n) is 8.66. The molecule has 3 aromatic rings. The van der Waals surface area contributed by atoms with Gasteiger partial charge in [-0.25, -0.2) is 18.1 Å². The maximum atomic E-state index is 12.2. The van der Waals surface area contributed by atoms with E-state index in [0.717, 1.165) is 16.7 Å². The van der Waals surface area contributed by atoms with Crippen molar-refractivity contribution in [3.8, 4) is 17.2 Å². The van der Waals surface area contributed by atoms with Crippen molar-refractivity contribution in [2.24, 2.45) is 10.7 Å². The highest BCUT2D eigenvalue weighted by Gasteiger charge is 2.14. The lowest BCUT2D eigenvalue weighted by molar-refractivity contribution is 0.592. The number of nitriles is 1. The molecule has 0 saturated carbocycles. The van der Waals surface area contributed by atoms with Crippen LogP contribution >= 0.6 is 0 Å². The highest BCUT2D eigenvalue weighted by molar-refractivity contribution is 7.90. The van der Waals surface area contributed by atoms with Crippen molar-refractivity contribution in [2.45, 2.75) is 11.4 Å². The van der Waals surface area contributed by atoms with Crippen LogP contribution in [-0.2, 0) is 16.6 Å². The number of benzene rings is 3. The number of aliphatic imine (C=N–C) groups is 1. The van der Waals surface area contributed by atoms with E-state index >= 15 is 0 Å². The second kappa shape index (κ2) is 8.63. The van der Waals surface area contributed by atoms with E-state index in [1.165, 1.54) is 12.1 Å². The lowest BCUT2D eigenvalue weighted by atomic mass is 9.85. The minimum atomic E-state index is -3.77. The quantitative estimate of drug-likeness (QED) is 0.387. The van der Waals surface area contributed by atoms with Gasteiger partial charge in [0.15, 0.2) is 0 Å². The minimum Gasteiger partial charge on any atom is -0.369 e. The molecular formula is C21H17BN4O2S. The normalized spacial score (nSPS) is 11.6. The van der Waals surface area contributed by atoms with Crippen LogP contribution in [0.1, 0.15) is 11.1 Å². The Bertz CT molecular complexity index is 1190. The second-order valence-electron chi connectivity index (χ2n) is 6.23. The summed E-state index contributed by atoms with van der Waals surface area (Å²) in [6.07, 6.45) is 0. The van der Waals surface area contributed by atoms with Crippen LogP contribution in [0.3, 0.4) is 0 Å². The number of sulfonamides is 1. The third kappa shape index (κ3) is 5.03. The van der Waals surface area contributed by atoms with E-state index in [0.29, 0.717) is 11.0 Å². The zero-order valence-corrected chi connectivity index (χ0v) is 16.2. The van der Waals surface area contributed by atoms with E-state index < -0.39 is 10.0 Å². The molecule has 6 nitrogen and oxygen atoms in total. The Morgan fingerprint density at radius 2 is 1.76 bits per heavy atom. The molecule has 0 atom stereocenters. The molecule has 3 aromatic carbocycles. The first kappa shape index (κ1) is 20.2. The van der Waals surface area contributed by atoms with Crippen LogP contribution in [0, 0.1) is 11.3 Å². The van der Waals surface area contributed by atoms with Crippen LogP contribution in [0.2, 0.25) is 0 Å². The SMILES string of the molecule is [B]c1cc(CN=C(N)NS(=O)(=O)c2ccccc2)ccc1-c1ccc(C#N)cc1. The monoisotopic (exact) mass is 400 g/mol. The lowest BCUT2D eigenvalue weighted by Gasteiger charge is -2.10. The highest BCUT2D eigenvalue weighted by Crippen LogP contribution is 2.18. The Kier molecular flexibility index (Phi) is 6.00. The van der Waals surface area contributed by atoms with Gasteiger partial charge in [0.1, 0.15) is 7.85 Å². The van der Waals surface area contributed by atoms with E-state index in [4.69, 9.17) is 18.8 Å². The Hall–Kier alpha value is -3.57. The first-order chi connectivity index (χ1) is 13.9. The summed E-state index contributed by atoms with van der Waals surface area (Å²) < 4.78 is 26.7. The number of hydrogen-bond acceptors (Lipinski definition) is 4. The van der Waals surface area contributed by atoms with Crippen molar-refractivity contribution < 1.29 is 8.42 Å². The van der Waals surface area contributed by atoms with Gasteiger partial charge in [0, 0.05) is 0 Å². The van der Waals surface area contributed by atoms with Crippen molar-refractivity contribution >= 4 is 29.3 Å². The summed E-state index contributed by atoms with van der Waals surface area (Å²) in [5.74, 6) is -0.205. The molecule has 29 heavy (non-hydrogen) atoms. The molecule has 8 heteroatoms. The van der Waals surface area contributed by atoms with Crippen LogP contribution in [0.4, 0.5) is 0 Å². The summed E-state index contributed by atoms with van der Waals surface area (Å²) in [7, 11) is 2.38. The predicted octanol–water partition coefficient (Wildman–Crippen LogP) is 1.81. The minimum absolute atomic E-state index is 0.106. The van der Waals surface area contributed by atoms with Crippen molar-refractivity contribution in [3.63, 3.8) is 0 Å². The molecule has 0 spiro atoms. The summed E-state index contributed by atoms with van der Waals surface area (Å²) in [5.41, 5.74) is 9.36. The average Bonchev–Trinajstić information content (AvgIpc) is 2.73. The zero-order valence-electron chi connectivity index (χ0n) is 15.4. The summed E-state index contributed by atoms with van der Waals surface area (Å²) in [6, 6.07) is 22.6. The van der Waals surface area contributed by atoms with Crippen molar-refractivity contribution in [1.29, 1.82) is 5.26 Å². The standard InChI is InChI=1S/C21H17BN4O2S/c22-20-12-16(8-11-19(20)17-9-6-15(13-23)7-10-17)14-25-21(24)26-29(27,28)18-4-2-1-3-5-18/h1-12H,14H2,(H3,24,25,26). The van der Waals surface area contributed by atoms with Crippen molar-refractivity contribution in [3.05, 3.63) is 83.9 Å². The van der Waals surface area contributed by atoms with E-state index in [-0.39, 0.29) is 17.4 Å². The zero-order chi connectivity index (χ0) is 20.9. The molecule has 0 heterocycles. The Morgan fingerprint density at radius 3 is 2.38 bits per heavy atom. The number of nitrogens with zero attached hydrogens (tertiary/aromatic N) is 2. The molecule has 142 valence electrons. The van der Waals surface area contributed by atoms with Gasteiger partial charge in [-0.05, 0) is 41.0 Å². The van der Waals surface area contributed by atoms with E-state index in [1.54, 1.807) is 36.4 Å². The van der Waals surface area contributed by atoms with Gasteiger partial charge < -0.3 is 5.73 Å². The second-order valence-corrected chi connectivity index (χ2v) is 7.91. The molecule has 2 radical (unpaired) electrons. The summed E-state index contributed by atoms with van der Waals surface area (Å²) in [4.78, 5) is 4.19. The predicted molar refractivity (Wildman–Crippen MR) is 114 cm³/mol. The fourth-order valence-corrected chi connectivity index (χ4v) is 3.68.